The van der Waals surface area contributed by atoms with Crippen molar-refractivity contribution in [3.63, 3.8) is 0 Å². The third-order valence-electron chi connectivity index (χ3n) is 8.08. The van der Waals surface area contributed by atoms with Gasteiger partial charge in [0.25, 0.3) is 0 Å². The van der Waals surface area contributed by atoms with Crippen LogP contribution >= 0.6 is 0 Å². The predicted octanol–water partition coefficient (Wildman–Crippen LogP) is 3.09. The van der Waals surface area contributed by atoms with Gasteiger partial charge in [0.2, 0.25) is 5.60 Å². The molecule has 3 heterocycles. The number of aliphatic hydroxyl groups excluding tert-OH is 1. The molecule has 1 aromatic carbocycles. The Labute approximate surface area is 238 Å². The van der Waals surface area contributed by atoms with Gasteiger partial charge in [-0.05, 0) is 42.9 Å². The number of carbonyl (C=O) groups is 2. The number of ether oxygens (including phenoxy) is 3. The minimum absolute atomic E-state index is 0.181. The van der Waals surface area contributed by atoms with Crippen molar-refractivity contribution < 1.29 is 28.9 Å². The SMILES string of the molecule is C[C@@H](Cc1ccccc1)C(=O)OC[C@H]1O[C@@](C#N)(c2ccc3c(N)ncnn23)[C@H](O)[C@@H]1OC(=O)CC1CCCCC1. The minimum Gasteiger partial charge on any atom is -0.463 e. The molecule has 3 aromatic rings. The second-order valence-electron chi connectivity index (χ2n) is 11.0. The topological polar surface area (TPSA) is 162 Å². The molecule has 0 amide bonds. The normalized spacial score (nSPS) is 25.4. The highest BCUT2D eigenvalue weighted by molar-refractivity contribution is 5.72. The number of benzene rings is 1. The van der Waals surface area contributed by atoms with Crippen LogP contribution in [0.25, 0.3) is 5.52 Å². The molecule has 5 rings (SSSR count). The molecular weight excluding hydrogens is 526 g/mol. The summed E-state index contributed by atoms with van der Waals surface area (Å²) in [5.41, 5.74) is 5.60. The summed E-state index contributed by atoms with van der Waals surface area (Å²) in [6.45, 7) is 1.44. The first-order valence-electron chi connectivity index (χ1n) is 14.1. The lowest BCUT2D eigenvalue weighted by Crippen LogP contribution is -2.43. The molecule has 1 aliphatic heterocycles. The maximum absolute atomic E-state index is 13.0. The van der Waals surface area contributed by atoms with Crippen LogP contribution in [0.3, 0.4) is 0 Å². The van der Waals surface area contributed by atoms with E-state index in [1.807, 2.05) is 30.3 Å². The van der Waals surface area contributed by atoms with Crippen LogP contribution < -0.4 is 5.73 Å². The summed E-state index contributed by atoms with van der Waals surface area (Å²) in [7, 11) is 0. The molecule has 41 heavy (non-hydrogen) atoms. The predicted molar refractivity (Wildman–Crippen MR) is 147 cm³/mol. The monoisotopic (exact) mass is 561 g/mol. The summed E-state index contributed by atoms with van der Waals surface area (Å²) in [6, 6.07) is 14.8. The smallest absolute Gasteiger partial charge is 0.309 e. The molecule has 5 atom stereocenters. The summed E-state index contributed by atoms with van der Waals surface area (Å²) in [6.07, 6.45) is 3.14. The molecule has 3 N–H and O–H groups in total. The van der Waals surface area contributed by atoms with Crippen molar-refractivity contribution in [2.24, 2.45) is 11.8 Å². The number of hydrogen-bond donors (Lipinski definition) is 2. The number of nitrogens with zero attached hydrogens (tertiary/aromatic N) is 4. The van der Waals surface area contributed by atoms with Crippen LogP contribution in [0, 0.1) is 23.2 Å². The van der Waals surface area contributed by atoms with E-state index >= 15 is 0 Å². The lowest BCUT2D eigenvalue weighted by molar-refractivity contribution is -0.162. The molecule has 0 bridgehead atoms. The number of nitriles is 1. The van der Waals surface area contributed by atoms with Crippen LogP contribution in [0.1, 0.15) is 56.7 Å². The molecule has 11 nitrogen and oxygen atoms in total. The van der Waals surface area contributed by atoms with Gasteiger partial charge in [-0.1, -0.05) is 56.5 Å². The first-order chi connectivity index (χ1) is 19.8. The zero-order valence-electron chi connectivity index (χ0n) is 23.0. The quantitative estimate of drug-likeness (QED) is 0.371. The van der Waals surface area contributed by atoms with E-state index < -0.39 is 41.8 Å². The van der Waals surface area contributed by atoms with Crippen LogP contribution in [0.2, 0.25) is 0 Å². The van der Waals surface area contributed by atoms with Gasteiger partial charge in [0.15, 0.2) is 11.9 Å². The fraction of sp³-hybridized carbons (Fsp3) is 0.500. The number of aromatic nitrogens is 3. The van der Waals surface area contributed by atoms with Gasteiger partial charge in [-0.2, -0.15) is 10.4 Å². The van der Waals surface area contributed by atoms with Gasteiger partial charge in [-0.15, -0.1) is 0 Å². The first kappa shape index (κ1) is 28.5. The highest BCUT2D eigenvalue weighted by atomic mass is 16.6. The Bertz CT molecular complexity index is 1420. The highest BCUT2D eigenvalue weighted by Gasteiger charge is 2.60. The van der Waals surface area contributed by atoms with Gasteiger partial charge in [0.1, 0.15) is 36.7 Å². The number of esters is 2. The van der Waals surface area contributed by atoms with Gasteiger partial charge >= 0.3 is 11.9 Å². The van der Waals surface area contributed by atoms with Gasteiger partial charge in [-0.25, -0.2) is 9.50 Å². The summed E-state index contributed by atoms with van der Waals surface area (Å²) in [5, 5.41) is 26.1. The molecule has 1 saturated heterocycles. The number of nitrogen functional groups attached to an aromatic ring is 1. The van der Waals surface area contributed by atoms with Crippen LogP contribution in [0.5, 0.6) is 0 Å². The van der Waals surface area contributed by atoms with Crippen molar-refractivity contribution in [2.75, 3.05) is 12.3 Å². The zero-order valence-corrected chi connectivity index (χ0v) is 23.0. The van der Waals surface area contributed by atoms with Crippen molar-refractivity contribution in [3.8, 4) is 6.07 Å². The Kier molecular flexibility index (Phi) is 8.52. The average molecular weight is 562 g/mol. The average Bonchev–Trinajstić information content (AvgIpc) is 3.53. The standard InChI is InChI=1S/C30H35N5O6/c1-19(14-20-8-4-2-5-9-20)29(38)39-16-23-26(40-25(36)15-21-10-6-3-7-11-21)27(37)30(17-31,41-23)24-13-12-22-28(32)33-18-34-35(22)24/h2,4-5,8-9,12-13,18-19,21,23,26-27,37H,3,6-7,10-11,14-16H2,1H3,(H2,32,33,34)/t19-,23+,26+,27+,30-/m0/s1. The number of rotatable bonds is 9. The van der Waals surface area contributed by atoms with Crippen LogP contribution in [0.15, 0.2) is 48.8 Å². The van der Waals surface area contributed by atoms with Gasteiger partial charge in [0, 0.05) is 6.42 Å². The van der Waals surface area contributed by atoms with Crippen molar-refractivity contribution in [1.29, 1.82) is 5.26 Å². The number of nitrogens with two attached hydrogens (primary N) is 1. The second-order valence-corrected chi connectivity index (χ2v) is 11.0. The van der Waals surface area contributed by atoms with E-state index in [4.69, 9.17) is 19.9 Å². The van der Waals surface area contributed by atoms with Crippen molar-refractivity contribution in [3.05, 3.63) is 60.0 Å². The van der Waals surface area contributed by atoms with Crippen molar-refractivity contribution in [2.45, 2.75) is 75.8 Å². The minimum atomic E-state index is -1.98. The van der Waals surface area contributed by atoms with E-state index in [-0.39, 0.29) is 30.5 Å². The zero-order chi connectivity index (χ0) is 29.0. The Morgan fingerprint density at radius 1 is 1.22 bits per heavy atom. The molecule has 2 aromatic heterocycles. The van der Waals surface area contributed by atoms with Crippen LogP contribution in [0.4, 0.5) is 5.82 Å². The van der Waals surface area contributed by atoms with Crippen molar-refractivity contribution >= 4 is 23.3 Å². The third kappa shape index (κ3) is 5.89. The molecule has 2 fully saturated rings. The lowest BCUT2D eigenvalue weighted by Gasteiger charge is -2.25. The second kappa shape index (κ2) is 12.2. The fourth-order valence-electron chi connectivity index (χ4n) is 5.86. The molecular formula is C30H35N5O6. The summed E-state index contributed by atoms with van der Waals surface area (Å²) in [4.78, 5) is 29.9. The number of carbonyl (C=O) groups excluding carboxylic acids is 2. The number of fused-ring (bicyclic) bond motifs is 1. The molecule has 0 unspecified atom stereocenters. The third-order valence-corrected chi connectivity index (χ3v) is 8.08. The maximum atomic E-state index is 13.0. The number of hydrogen-bond acceptors (Lipinski definition) is 10. The maximum Gasteiger partial charge on any atom is 0.309 e. The molecule has 216 valence electrons. The Hall–Kier alpha value is -4.01. The molecule has 2 aliphatic rings. The molecule has 1 aliphatic carbocycles. The van der Waals surface area contributed by atoms with E-state index in [0.29, 0.717) is 11.9 Å². The highest BCUT2D eigenvalue weighted by Crippen LogP contribution is 2.42. The number of anilines is 1. The Morgan fingerprint density at radius 3 is 2.71 bits per heavy atom. The lowest BCUT2D eigenvalue weighted by atomic mass is 9.87. The van der Waals surface area contributed by atoms with Crippen LogP contribution in [-0.2, 0) is 35.8 Å². The van der Waals surface area contributed by atoms with Gasteiger partial charge in [-0.3, -0.25) is 9.59 Å². The van der Waals surface area contributed by atoms with E-state index in [1.54, 1.807) is 19.1 Å². The van der Waals surface area contributed by atoms with E-state index in [9.17, 15) is 20.0 Å². The molecule has 0 spiro atoms. The van der Waals surface area contributed by atoms with E-state index in [1.165, 1.54) is 10.8 Å². The van der Waals surface area contributed by atoms with Gasteiger partial charge in [0.05, 0.1) is 11.6 Å². The molecule has 0 radical (unpaired) electrons. The summed E-state index contributed by atoms with van der Waals surface area (Å²) < 4.78 is 18.9. The Morgan fingerprint density at radius 2 is 1.98 bits per heavy atom. The van der Waals surface area contributed by atoms with E-state index in [2.05, 4.69) is 16.2 Å². The van der Waals surface area contributed by atoms with Crippen molar-refractivity contribution in [1.82, 2.24) is 14.6 Å². The first-order valence-corrected chi connectivity index (χ1v) is 14.1. The molecule has 11 heteroatoms. The largest absolute Gasteiger partial charge is 0.463 e. The van der Waals surface area contributed by atoms with E-state index in [0.717, 1.165) is 37.7 Å². The summed E-state index contributed by atoms with van der Waals surface area (Å²) >= 11 is 0. The summed E-state index contributed by atoms with van der Waals surface area (Å²) in [5.74, 6) is -1.02. The van der Waals surface area contributed by atoms with Crippen LogP contribution in [-0.4, -0.2) is 56.6 Å². The fourth-order valence-corrected chi connectivity index (χ4v) is 5.86. The Balaban J connectivity index is 1.37. The number of aliphatic hydroxyl groups is 1. The molecule has 1 saturated carbocycles. The van der Waals surface area contributed by atoms with Gasteiger partial charge < -0.3 is 25.1 Å².